The highest BCUT2D eigenvalue weighted by atomic mass is 16.5. The molecule has 0 radical (unpaired) electrons. The largest absolute Gasteiger partial charge is 0.361 e. The number of nitrogens with zero attached hydrogens (tertiary/aromatic N) is 4. The van der Waals surface area contributed by atoms with Crippen molar-refractivity contribution >= 4 is 5.91 Å². The molecule has 0 aromatic carbocycles. The van der Waals surface area contributed by atoms with Crippen LogP contribution < -0.4 is 0 Å². The van der Waals surface area contributed by atoms with Crippen molar-refractivity contribution in [3.05, 3.63) is 34.7 Å². The average molecular weight is 345 g/mol. The van der Waals surface area contributed by atoms with Gasteiger partial charge in [0.25, 0.3) is 5.91 Å². The molecule has 136 valence electrons. The molecule has 0 atom stereocenters. The van der Waals surface area contributed by atoms with Crippen molar-refractivity contribution in [2.24, 2.45) is 0 Å². The van der Waals surface area contributed by atoms with Crippen LogP contribution in [0.1, 0.15) is 54.0 Å². The van der Waals surface area contributed by atoms with E-state index < -0.39 is 0 Å². The highest BCUT2D eigenvalue weighted by Gasteiger charge is 2.29. The molecule has 1 aliphatic rings. The van der Waals surface area contributed by atoms with Crippen LogP contribution in [0.5, 0.6) is 0 Å². The van der Waals surface area contributed by atoms with Gasteiger partial charge >= 0.3 is 0 Å². The fourth-order valence-electron chi connectivity index (χ4n) is 3.24. The van der Waals surface area contributed by atoms with Gasteiger partial charge in [0.15, 0.2) is 0 Å². The quantitative estimate of drug-likeness (QED) is 0.923. The summed E-state index contributed by atoms with van der Waals surface area (Å²) in [4.78, 5) is 24.5. The van der Waals surface area contributed by atoms with Crippen LogP contribution >= 0.6 is 0 Å². The smallest absolute Gasteiger partial charge is 0.274 e. The SMILES string of the molecule is Cc1noc(C)c1CN1CCN(C(=O)c2nc[nH]c2C(C)(C)C)CC1. The van der Waals surface area contributed by atoms with Gasteiger partial charge in [-0.25, -0.2) is 4.98 Å². The van der Waals surface area contributed by atoms with Gasteiger partial charge < -0.3 is 14.4 Å². The lowest BCUT2D eigenvalue weighted by Gasteiger charge is -2.34. The first-order chi connectivity index (χ1) is 11.8. The zero-order chi connectivity index (χ0) is 18.2. The number of aryl methyl sites for hydroxylation is 2. The number of H-pyrrole nitrogens is 1. The number of amides is 1. The molecule has 0 aliphatic carbocycles. The predicted octanol–water partition coefficient (Wildman–Crippen LogP) is 2.27. The van der Waals surface area contributed by atoms with Crippen molar-refractivity contribution in [1.29, 1.82) is 0 Å². The Morgan fingerprint density at radius 3 is 2.48 bits per heavy atom. The summed E-state index contributed by atoms with van der Waals surface area (Å²) in [6, 6.07) is 0. The van der Waals surface area contributed by atoms with Gasteiger partial charge in [0.05, 0.1) is 17.7 Å². The molecule has 1 aliphatic heterocycles. The predicted molar refractivity (Wildman–Crippen MR) is 94.4 cm³/mol. The number of imidazole rings is 1. The normalized spacial score (nSPS) is 16.4. The second-order valence-corrected chi connectivity index (χ2v) is 7.75. The Morgan fingerprint density at radius 1 is 1.24 bits per heavy atom. The van der Waals surface area contributed by atoms with Crippen LogP contribution in [-0.4, -0.2) is 57.0 Å². The average Bonchev–Trinajstić information content (AvgIpc) is 3.17. The molecule has 1 saturated heterocycles. The lowest BCUT2D eigenvalue weighted by Crippen LogP contribution is -2.48. The minimum atomic E-state index is -0.132. The van der Waals surface area contributed by atoms with E-state index in [1.54, 1.807) is 6.33 Å². The lowest BCUT2D eigenvalue weighted by atomic mass is 9.90. The zero-order valence-electron chi connectivity index (χ0n) is 15.7. The van der Waals surface area contributed by atoms with Gasteiger partial charge in [-0.2, -0.15) is 0 Å². The van der Waals surface area contributed by atoms with Gasteiger partial charge in [-0.05, 0) is 13.8 Å². The standard InChI is InChI=1S/C18H27N5O2/c1-12-14(13(2)25-21-12)10-22-6-8-23(9-7-22)17(24)15-16(18(3,4)5)20-11-19-15/h11H,6-10H2,1-5H3,(H,19,20). The number of carbonyl (C=O) groups excluding carboxylic acids is 1. The van der Waals surface area contributed by atoms with E-state index in [0.717, 1.165) is 42.3 Å². The van der Waals surface area contributed by atoms with E-state index in [2.05, 4.69) is 40.8 Å². The monoisotopic (exact) mass is 345 g/mol. The number of hydrogen-bond acceptors (Lipinski definition) is 5. The molecular weight excluding hydrogens is 318 g/mol. The van der Waals surface area contributed by atoms with Crippen LogP contribution in [-0.2, 0) is 12.0 Å². The van der Waals surface area contributed by atoms with Gasteiger partial charge in [-0.15, -0.1) is 0 Å². The van der Waals surface area contributed by atoms with E-state index >= 15 is 0 Å². The van der Waals surface area contributed by atoms with Crippen molar-refractivity contribution in [3.8, 4) is 0 Å². The number of nitrogens with one attached hydrogen (secondary N) is 1. The van der Waals surface area contributed by atoms with Gasteiger partial charge in [-0.1, -0.05) is 25.9 Å². The summed E-state index contributed by atoms with van der Waals surface area (Å²) in [7, 11) is 0. The summed E-state index contributed by atoms with van der Waals surface area (Å²) in [6.07, 6.45) is 1.61. The maximum atomic E-state index is 12.9. The molecule has 1 N–H and O–H groups in total. The summed E-state index contributed by atoms with van der Waals surface area (Å²) in [5, 5.41) is 4.01. The summed E-state index contributed by atoms with van der Waals surface area (Å²) in [5.74, 6) is 0.894. The molecule has 2 aromatic rings. The highest BCUT2D eigenvalue weighted by Crippen LogP contribution is 2.24. The molecule has 25 heavy (non-hydrogen) atoms. The Hall–Kier alpha value is -2.15. The molecule has 3 rings (SSSR count). The van der Waals surface area contributed by atoms with Crippen molar-refractivity contribution in [2.75, 3.05) is 26.2 Å². The van der Waals surface area contributed by atoms with Gasteiger partial charge in [0.2, 0.25) is 0 Å². The Morgan fingerprint density at radius 2 is 1.92 bits per heavy atom. The minimum Gasteiger partial charge on any atom is -0.361 e. The fraction of sp³-hybridized carbons (Fsp3) is 0.611. The summed E-state index contributed by atoms with van der Waals surface area (Å²) in [6.45, 7) is 14.1. The van der Waals surface area contributed by atoms with E-state index in [1.807, 2.05) is 18.7 Å². The molecule has 7 heteroatoms. The molecule has 0 spiro atoms. The molecular formula is C18H27N5O2. The summed E-state index contributed by atoms with van der Waals surface area (Å²) >= 11 is 0. The third-order valence-electron chi connectivity index (χ3n) is 4.81. The summed E-state index contributed by atoms with van der Waals surface area (Å²) < 4.78 is 5.24. The number of aromatic amines is 1. The molecule has 2 aromatic heterocycles. The van der Waals surface area contributed by atoms with Crippen molar-refractivity contribution in [2.45, 2.75) is 46.6 Å². The Bertz CT molecular complexity index is 728. The van der Waals surface area contributed by atoms with Crippen molar-refractivity contribution < 1.29 is 9.32 Å². The van der Waals surface area contributed by atoms with Crippen LogP contribution in [0.15, 0.2) is 10.9 Å². The Labute approximate surface area is 148 Å². The van der Waals surface area contributed by atoms with Crippen LogP contribution in [0.25, 0.3) is 0 Å². The second-order valence-electron chi connectivity index (χ2n) is 7.75. The topological polar surface area (TPSA) is 78.3 Å². The van der Waals surface area contributed by atoms with Crippen molar-refractivity contribution in [3.63, 3.8) is 0 Å². The van der Waals surface area contributed by atoms with Gasteiger partial charge in [-0.3, -0.25) is 9.69 Å². The van der Waals surface area contributed by atoms with E-state index in [-0.39, 0.29) is 11.3 Å². The first-order valence-corrected chi connectivity index (χ1v) is 8.74. The van der Waals surface area contributed by atoms with Crippen LogP contribution in [0, 0.1) is 13.8 Å². The third-order valence-corrected chi connectivity index (χ3v) is 4.81. The molecule has 1 amide bonds. The second kappa shape index (κ2) is 6.63. The van der Waals surface area contributed by atoms with E-state index in [4.69, 9.17) is 4.52 Å². The van der Waals surface area contributed by atoms with Gasteiger partial charge in [0.1, 0.15) is 11.5 Å². The fourth-order valence-corrected chi connectivity index (χ4v) is 3.24. The molecule has 0 saturated carbocycles. The number of carbonyl (C=O) groups is 1. The molecule has 0 bridgehead atoms. The van der Waals surface area contributed by atoms with E-state index in [0.29, 0.717) is 18.8 Å². The number of aromatic nitrogens is 3. The first kappa shape index (κ1) is 17.7. The number of rotatable bonds is 3. The minimum absolute atomic E-state index is 0.0168. The number of hydrogen-bond donors (Lipinski definition) is 1. The first-order valence-electron chi connectivity index (χ1n) is 8.74. The Balaban J connectivity index is 1.63. The highest BCUT2D eigenvalue weighted by molar-refractivity contribution is 5.93. The van der Waals surface area contributed by atoms with Crippen LogP contribution in [0.3, 0.4) is 0 Å². The number of piperazine rings is 1. The summed E-state index contributed by atoms with van der Waals surface area (Å²) in [5.41, 5.74) is 3.42. The molecule has 3 heterocycles. The molecule has 1 fully saturated rings. The maximum absolute atomic E-state index is 12.9. The zero-order valence-corrected chi connectivity index (χ0v) is 15.7. The Kier molecular flexibility index (Phi) is 4.69. The third kappa shape index (κ3) is 3.61. The molecule has 0 unspecified atom stereocenters. The van der Waals surface area contributed by atoms with E-state index in [1.165, 1.54) is 0 Å². The van der Waals surface area contributed by atoms with E-state index in [9.17, 15) is 4.79 Å². The van der Waals surface area contributed by atoms with Gasteiger partial charge in [0, 0.05) is 43.7 Å². The van der Waals surface area contributed by atoms with Crippen LogP contribution in [0.2, 0.25) is 0 Å². The molecule has 7 nitrogen and oxygen atoms in total. The lowest BCUT2D eigenvalue weighted by molar-refractivity contribution is 0.0620. The van der Waals surface area contributed by atoms with Crippen molar-refractivity contribution in [1.82, 2.24) is 24.9 Å². The van der Waals surface area contributed by atoms with Crippen LogP contribution in [0.4, 0.5) is 0 Å². The maximum Gasteiger partial charge on any atom is 0.274 e.